The fraction of sp³-hybridized carbons (Fsp3) is 0.636. The van der Waals surface area contributed by atoms with E-state index in [1.807, 2.05) is 6.07 Å². The molecule has 3 aliphatic rings. The van der Waals surface area contributed by atoms with E-state index in [-0.39, 0.29) is 35.3 Å². The first-order chi connectivity index (χ1) is 14.1. The van der Waals surface area contributed by atoms with Gasteiger partial charge in [-0.25, -0.2) is 0 Å². The summed E-state index contributed by atoms with van der Waals surface area (Å²) in [5, 5.41) is 4.99. The van der Waals surface area contributed by atoms with Gasteiger partial charge in [0.05, 0.1) is 5.41 Å². The monoisotopic (exact) mass is 434 g/mol. The van der Waals surface area contributed by atoms with E-state index in [9.17, 15) is 18.0 Å². The summed E-state index contributed by atoms with van der Waals surface area (Å²) >= 11 is 0. The molecular weight excluding hydrogens is 404 g/mol. The van der Waals surface area contributed by atoms with Crippen LogP contribution in [0.5, 0.6) is 5.75 Å². The molecule has 1 heterocycles. The summed E-state index contributed by atoms with van der Waals surface area (Å²) in [6, 6.07) is 5.33. The Bertz CT molecular complexity index is 976. The van der Waals surface area contributed by atoms with E-state index in [1.165, 1.54) is 10.5 Å². The maximum atomic E-state index is 13.3. The highest BCUT2D eigenvalue weighted by Gasteiger charge is 2.57. The van der Waals surface area contributed by atoms with Gasteiger partial charge < -0.3 is 4.18 Å². The Morgan fingerprint density at radius 3 is 2.73 bits per heavy atom. The second kappa shape index (κ2) is 7.64. The minimum Gasteiger partial charge on any atom is -0.371 e. The lowest BCUT2D eigenvalue weighted by atomic mass is 9.52. The van der Waals surface area contributed by atoms with E-state index >= 15 is 0 Å². The third kappa shape index (κ3) is 3.64. The van der Waals surface area contributed by atoms with Crippen molar-refractivity contribution < 1.29 is 22.2 Å². The van der Waals surface area contributed by atoms with Crippen molar-refractivity contribution in [1.82, 2.24) is 4.90 Å². The van der Waals surface area contributed by atoms with Gasteiger partial charge >= 0.3 is 10.3 Å². The van der Waals surface area contributed by atoms with E-state index in [0.717, 1.165) is 44.1 Å². The predicted octanol–water partition coefficient (Wildman–Crippen LogP) is 2.89. The van der Waals surface area contributed by atoms with Gasteiger partial charge in [-0.1, -0.05) is 26.3 Å². The van der Waals surface area contributed by atoms with Crippen LogP contribution in [0.15, 0.2) is 18.2 Å². The number of carbonyl (C=O) groups is 2. The molecule has 7 nitrogen and oxygen atoms in total. The summed E-state index contributed by atoms with van der Waals surface area (Å²) in [6.07, 6.45) is 5.55. The average Bonchev–Trinajstić information content (AvgIpc) is 2.67. The number of likely N-dealkylation sites (tertiary alicyclic amines) is 1. The summed E-state index contributed by atoms with van der Waals surface area (Å²) in [6.45, 7) is 4.65. The van der Waals surface area contributed by atoms with Gasteiger partial charge in [-0.2, -0.15) is 13.6 Å². The number of imide groups is 1. The van der Waals surface area contributed by atoms with E-state index in [0.29, 0.717) is 13.0 Å². The summed E-state index contributed by atoms with van der Waals surface area (Å²) in [4.78, 5) is 27.6. The molecular formula is C22H30N2O5S. The summed E-state index contributed by atoms with van der Waals surface area (Å²) < 4.78 is 27.3. The quantitative estimate of drug-likeness (QED) is 0.717. The highest BCUT2D eigenvalue weighted by atomic mass is 32.2. The number of hydrogen-bond acceptors (Lipinski definition) is 5. The van der Waals surface area contributed by atoms with Crippen LogP contribution in [0.4, 0.5) is 0 Å². The summed E-state index contributed by atoms with van der Waals surface area (Å²) in [5.41, 5.74) is 1.78. The Morgan fingerprint density at radius 1 is 1.27 bits per heavy atom. The number of nitrogens with zero attached hydrogens (tertiary/aromatic N) is 1. The van der Waals surface area contributed by atoms with Gasteiger partial charge in [-0.15, -0.1) is 0 Å². The van der Waals surface area contributed by atoms with E-state index < -0.39 is 15.7 Å². The number of aryl methyl sites for hydroxylation is 1. The summed E-state index contributed by atoms with van der Waals surface area (Å²) in [5.74, 6) is 0.825. The summed E-state index contributed by atoms with van der Waals surface area (Å²) in [7, 11) is -4.05. The van der Waals surface area contributed by atoms with Gasteiger partial charge in [0.1, 0.15) is 5.75 Å². The zero-order chi connectivity index (χ0) is 21.7. The van der Waals surface area contributed by atoms with Crippen molar-refractivity contribution in [2.75, 3.05) is 6.54 Å². The second-order valence-electron chi connectivity index (χ2n) is 9.22. The van der Waals surface area contributed by atoms with Gasteiger partial charge in [-0.05, 0) is 73.1 Å². The molecule has 30 heavy (non-hydrogen) atoms. The number of benzene rings is 1. The Labute approximate surface area is 178 Å². The molecule has 2 amide bonds. The van der Waals surface area contributed by atoms with Crippen LogP contribution in [-0.4, -0.2) is 31.7 Å². The van der Waals surface area contributed by atoms with Crippen LogP contribution in [0.1, 0.15) is 69.4 Å². The van der Waals surface area contributed by atoms with Crippen LogP contribution >= 0.6 is 0 Å². The third-order valence-corrected chi connectivity index (χ3v) is 7.89. The molecule has 1 saturated carbocycles. The first-order valence-corrected chi connectivity index (χ1v) is 12.3. The van der Waals surface area contributed by atoms with Crippen molar-refractivity contribution in [1.29, 1.82) is 0 Å². The van der Waals surface area contributed by atoms with Crippen LogP contribution < -0.4 is 9.32 Å². The topological polar surface area (TPSA) is 107 Å². The zero-order valence-electron chi connectivity index (χ0n) is 17.6. The van der Waals surface area contributed by atoms with Crippen molar-refractivity contribution >= 4 is 22.1 Å². The van der Waals surface area contributed by atoms with Crippen LogP contribution in [0.3, 0.4) is 0 Å². The molecule has 0 aromatic heterocycles. The number of hydrogen-bond donors (Lipinski definition) is 1. The number of carbonyl (C=O) groups excluding carboxylic acids is 2. The van der Waals surface area contributed by atoms with Crippen molar-refractivity contribution in [3.63, 3.8) is 0 Å². The van der Waals surface area contributed by atoms with Gasteiger partial charge in [0.2, 0.25) is 11.8 Å². The number of nitrogens with two attached hydrogens (primary N) is 1. The Morgan fingerprint density at radius 2 is 2.03 bits per heavy atom. The van der Waals surface area contributed by atoms with E-state index in [1.54, 1.807) is 12.1 Å². The van der Waals surface area contributed by atoms with E-state index in [2.05, 4.69) is 13.8 Å². The van der Waals surface area contributed by atoms with Crippen LogP contribution in [0, 0.1) is 17.3 Å². The fourth-order valence-electron chi connectivity index (χ4n) is 5.97. The van der Waals surface area contributed by atoms with Crippen LogP contribution in [0.25, 0.3) is 0 Å². The Kier molecular flexibility index (Phi) is 5.43. The molecule has 1 aliphatic heterocycles. The highest BCUT2D eigenvalue weighted by molar-refractivity contribution is 7.84. The molecule has 1 aromatic rings. The first kappa shape index (κ1) is 21.3. The van der Waals surface area contributed by atoms with Crippen molar-refractivity contribution in [2.45, 2.75) is 64.7 Å². The zero-order valence-corrected chi connectivity index (χ0v) is 18.4. The van der Waals surface area contributed by atoms with Crippen LogP contribution in [0.2, 0.25) is 0 Å². The SMILES string of the molecule is CCCCN1C(=O)C[C@H]2[C@@H]3CCc4cc(OS(N)(=O)=O)ccc4[C@H]3CC[C@]2(C)C1=O. The maximum Gasteiger partial charge on any atom is 0.380 e. The van der Waals surface area contributed by atoms with Gasteiger partial charge in [0.15, 0.2) is 0 Å². The Balaban J connectivity index is 1.60. The number of piperidine rings is 1. The van der Waals surface area contributed by atoms with Gasteiger partial charge in [0, 0.05) is 13.0 Å². The number of amides is 2. The predicted molar refractivity (Wildman–Crippen MR) is 112 cm³/mol. The molecule has 0 radical (unpaired) electrons. The standard InChI is InChI=1S/C22H30N2O5S/c1-3-4-11-24-20(25)13-19-18-7-5-14-12-15(29-30(23,27)28)6-8-16(14)17(18)9-10-22(19,2)21(24)26/h6,8,12,17-19H,3-5,7,9-11,13H2,1-2H3,(H2,23,27,28)/t17-,18-,19+,22+/m1/s1. The van der Waals surface area contributed by atoms with Crippen molar-refractivity contribution in [3.8, 4) is 5.75 Å². The maximum absolute atomic E-state index is 13.3. The molecule has 2 N–H and O–H groups in total. The molecule has 2 fully saturated rings. The Hall–Kier alpha value is -1.93. The lowest BCUT2D eigenvalue weighted by Crippen LogP contribution is -2.59. The first-order valence-electron chi connectivity index (χ1n) is 10.8. The van der Waals surface area contributed by atoms with Crippen LogP contribution in [-0.2, 0) is 26.3 Å². The molecule has 0 spiro atoms. The second-order valence-corrected chi connectivity index (χ2v) is 10.4. The minimum atomic E-state index is -4.05. The van der Waals surface area contributed by atoms with Gasteiger partial charge in [-0.3, -0.25) is 14.5 Å². The lowest BCUT2D eigenvalue weighted by molar-refractivity contribution is -0.167. The minimum absolute atomic E-state index is 0.0124. The number of rotatable bonds is 5. The molecule has 8 heteroatoms. The largest absolute Gasteiger partial charge is 0.380 e. The fourth-order valence-corrected chi connectivity index (χ4v) is 6.34. The lowest BCUT2D eigenvalue weighted by Gasteiger charge is -2.54. The molecule has 1 aromatic carbocycles. The van der Waals surface area contributed by atoms with E-state index in [4.69, 9.17) is 9.32 Å². The average molecular weight is 435 g/mol. The number of fused-ring (bicyclic) bond motifs is 5. The van der Waals surface area contributed by atoms with Crippen molar-refractivity contribution in [3.05, 3.63) is 29.3 Å². The molecule has 4 rings (SSSR count). The highest BCUT2D eigenvalue weighted by Crippen LogP contribution is 2.58. The normalized spacial score (nSPS) is 31.0. The molecule has 0 bridgehead atoms. The molecule has 164 valence electrons. The molecule has 0 unspecified atom stereocenters. The number of unbranched alkanes of at least 4 members (excludes halogenated alkanes) is 1. The molecule has 2 aliphatic carbocycles. The third-order valence-electron chi connectivity index (χ3n) is 7.46. The molecule has 4 atom stereocenters. The van der Waals surface area contributed by atoms with Crippen molar-refractivity contribution in [2.24, 2.45) is 22.4 Å². The van der Waals surface area contributed by atoms with Gasteiger partial charge in [0.25, 0.3) is 0 Å². The molecule has 1 saturated heterocycles. The smallest absolute Gasteiger partial charge is 0.371 e.